The van der Waals surface area contributed by atoms with E-state index in [1.54, 1.807) is 41.1 Å². The SMILES string of the molecule is CC1=C(C(=O)Nc2ccc(Cl)cc2)C(c2ccc(Cl)cc2)n2nc(SCc3ccc(Cl)cc3)nc2N1. The Bertz CT molecular complexity index is 1430. The molecule has 0 fully saturated rings. The molecule has 1 aliphatic heterocycles. The number of carbonyl (C=O) groups excluding carboxylic acids is 1. The second-order valence-corrected chi connectivity index (χ2v) is 10.4. The van der Waals surface area contributed by atoms with Gasteiger partial charge in [0, 0.05) is 32.2 Å². The number of hydrogen-bond donors (Lipinski definition) is 2. The van der Waals surface area contributed by atoms with E-state index in [4.69, 9.17) is 39.9 Å². The monoisotopic (exact) mass is 555 g/mol. The molecule has 2 N–H and O–H groups in total. The molecule has 0 saturated heterocycles. The van der Waals surface area contributed by atoms with Gasteiger partial charge in [0.2, 0.25) is 11.1 Å². The van der Waals surface area contributed by atoms with Gasteiger partial charge in [-0.25, -0.2) is 4.68 Å². The van der Waals surface area contributed by atoms with Crippen molar-refractivity contribution in [2.24, 2.45) is 0 Å². The van der Waals surface area contributed by atoms with Gasteiger partial charge in [-0.3, -0.25) is 4.79 Å². The van der Waals surface area contributed by atoms with E-state index in [9.17, 15) is 4.79 Å². The molecule has 182 valence electrons. The summed E-state index contributed by atoms with van der Waals surface area (Å²) >= 11 is 19.7. The molecule has 4 aromatic rings. The molecule has 0 spiro atoms. The second-order valence-electron chi connectivity index (χ2n) is 8.16. The van der Waals surface area contributed by atoms with Gasteiger partial charge < -0.3 is 10.6 Å². The molecule has 1 aliphatic rings. The number of benzene rings is 3. The number of allylic oxidation sites excluding steroid dienone is 1. The molecule has 10 heteroatoms. The smallest absolute Gasteiger partial charge is 0.255 e. The minimum Gasteiger partial charge on any atom is -0.328 e. The van der Waals surface area contributed by atoms with Crippen LogP contribution in [0, 0.1) is 0 Å². The fourth-order valence-electron chi connectivity index (χ4n) is 3.90. The third-order valence-electron chi connectivity index (χ3n) is 5.65. The van der Waals surface area contributed by atoms with Crippen LogP contribution in [0.2, 0.25) is 15.1 Å². The maximum Gasteiger partial charge on any atom is 0.255 e. The van der Waals surface area contributed by atoms with Crippen LogP contribution < -0.4 is 10.6 Å². The first kappa shape index (κ1) is 24.7. The van der Waals surface area contributed by atoms with Crippen LogP contribution in [0.1, 0.15) is 24.1 Å². The first-order valence-corrected chi connectivity index (χ1v) is 13.1. The lowest BCUT2D eigenvalue weighted by Crippen LogP contribution is -2.31. The third kappa shape index (κ3) is 5.39. The molecule has 0 bridgehead atoms. The first-order valence-electron chi connectivity index (χ1n) is 11.0. The van der Waals surface area contributed by atoms with Crippen LogP contribution in [0.5, 0.6) is 0 Å². The van der Waals surface area contributed by atoms with Crippen LogP contribution in [0.15, 0.2) is 89.2 Å². The summed E-state index contributed by atoms with van der Waals surface area (Å²) in [4.78, 5) is 18.2. The molecule has 6 nitrogen and oxygen atoms in total. The largest absolute Gasteiger partial charge is 0.328 e. The number of amides is 1. The van der Waals surface area contributed by atoms with Crippen LogP contribution in [0.3, 0.4) is 0 Å². The molecule has 1 atom stereocenters. The Balaban J connectivity index is 1.47. The van der Waals surface area contributed by atoms with Crippen molar-refractivity contribution >= 4 is 64.1 Å². The third-order valence-corrected chi connectivity index (χ3v) is 7.31. The highest BCUT2D eigenvalue weighted by Gasteiger charge is 2.34. The molecular weight excluding hydrogens is 537 g/mol. The van der Waals surface area contributed by atoms with Crippen LogP contribution in [0.4, 0.5) is 11.6 Å². The van der Waals surface area contributed by atoms with Crippen molar-refractivity contribution in [3.63, 3.8) is 0 Å². The van der Waals surface area contributed by atoms with Gasteiger partial charge in [0.1, 0.15) is 6.04 Å². The zero-order chi connectivity index (χ0) is 25.2. The molecule has 2 heterocycles. The van der Waals surface area contributed by atoms with E-state index >= 15 is 0 Å². The van der Waals surface area contributed by atoms with Gasteiger partial charge in [-0.1, -0.05) is 70.8 Å². The summed E-state index contributed by atoms with van der Waals surface area (Å²) in [5, 5.41) is 13.5. The molecule has 36 heavy (non-hydrogen) atoms. The summed E-state index contributed by atoms with van der Waals surface area (Å²) < 4.78 is 1.75. The molecule has 0 aliphatic carbocycles. The lowest BCUT2D eigenvalue weighted by molar-refractivity contribution is -0.113. The Labute approximate surface area is 227 Å². The van der Waals surface area contributed by atoms with E-state index in [1.165, 1.54) is 11.8 Å². The summed E-state index contributed by atoms with van der Waals surface area (Å²) in [5.74, 6) is 0.996. The molecule has 1 aromatic heterocycles. The van der Waals surface area contributed by atoms with Crippen molar-refractivity contribution in [1.82, 2.24) is 14.8 Å². The Morgan fingerprint density at radius 3 is 2.17 bits per heavy atom. The highest BCUT2D eigenvalue weighted by Crippen LogP contribution is 2.37. The number of aromatic nitrogens is 3. The highest BCUT2D eigenvalue weighted by molar-refractivity contribution is 7.98. The predicted octanol–water partition coefficient (Wildman–Crippen LogP) is 7.46. The number of fused-ring (bicyclic) bond motifs is 1. The maximum atomic E-state index is 13.5. The Kier molecular flexibility index (Phi) is 7.25. The van der Waals surface area contributed by atoms with Crippen molar-refractivity contribution in [2.75, 3.05) is 10.6 Å². The summed E-state index contributed by atoms with van der Waals surface area (Å²) in [7, 11) is 0. The van der Waals surface area contributed by atoms with Gasteiger partial charge in [-0.2, -0.15) is 4.98 Å². The normalized spacial score (nSPS) is 14.8. The average Bonchev–Trinajstić information content (AvgIpc) is 3.27. The van der Waals surface area contributed by atoms with Crippen molar-refractivity contribution in [3.05, 3.63) is 110 Å². The van der Waals surface area contributed by atoms with E-state index in [0.717, 1.165) is 11.1 Å². The summed E-state index contributed by atoms with van der Waals surface area (Å²) in [6, 6.07) is 21.6. The van der Waals surface area contributed by atoms with E-state index < -0.39 is 6.04 Å². The fourth-order valence-corrected chi connectivity index (χ4v) is 5.06. The zero-order valence-corrected chi connectivity index (χ0v) is 22.1. The van der Waals surface area contributed by atoms with Gasteiger partial charge in [0.25, 0.3) is 5.91 Å². The number of hydrogen-bond acceptors (Lipinski definition) is 5. The van der Waals surface area contributed by atoms with E-state index in [-0.39, 0.29) is 5.91 Å². The topological polar surface area (TPSA) is 71.8 Å². The van der Waals surface area contributed by atoms with Gasteiger partial charge in [0.05, 0.1) is 5.57 Å². The number of nitrogens with zero attached hydrogens (tertiary/aromatic N) is 3. The van der Waals surface area contributed by atoms with Crippen molar-refractivity contribution in [2.45, 2.75) is 23.9 Å². The lowest BCUT2D eigenvalue weighted by atomic mass is 9.95. The van der Waals surface area contributed by atoms with Crippen LogP contribution in [-0.2, 0) is 10.5 Å². The molecule has 0 saturated carbocycles. The van der Waals surface area contributed by atoms with E-state index in [0.29, 0.717) is 48.9 Å². The predicted molar refractivity (Wildman–Crippen MR) is 147 cm³/mol. The van der Waals surface area contributed by atoms with Crippen molar-refractivity contribution in [1.29, 1.82) is 0 Å². The van der Waals surface area contributed by atoms with Gasteiger partial charge in [0.15, 0.2) is 0 Å². The van der Waals surface area contributed by atoms with E-state index in [1.807, 2.05) is 43.3 Å². The molecule has 3 aromatic carbocycles. The highest BCUT2D eigenvalue weighted by atomic mass is 35.5. The standard InChI is InChI=1S/C26H20Cl3N5OS/c1-15-22(24(35)31-21-12-10-20(29)11-13-21)23(17-4-8-19(28)9-5-17)34-25(30-15)32-26(33-34)36-14-16-2-6-18(27)7-3-16/h2-13,23H,14H2,1H3,(H,31,35)(H,30,32,33). The number of carbonyl (C=O) groups is 1. The van der Waals surface area contributed by atoms with Crippen molar-refractivity contribution in [3.8, 4) is 0 Å². The van der Waals surface area contributed by atoms with Crippen LogP contribution in [0.25, 0.3) is 0 Å². The lowest BCUT2D eigenvalue weighted by Gasteiger charge is -2.28. The Morgan fingerprint density at radius 1 is 0.944 bits per heavy atom. The summed E-state index contributed by atoms with van der Waals surface area (Å²) in [6.07, 6.45) is 0. The zero-order valence-electron chi connectivity index (χ0n) is 19.0. The molecule has 0 radical (unpaired) electrons. The first-order chi connectivity index (χ1) is 17.4. The number of rotatable bonds is 6. The number of halogens is 3. The van der Waals surface area contributed by atoms with Gasteiger partial charge >= 0.3 is 0 Å². The van der Waals surface area contributed by atoms with Gasteiger partial charge in [-0.15, -0.1) is 5.10 Å². The minimum atomic E-state index is -0.497. The molecule has 1 amide bonds. The molecule has 1 unspecified atom stereocenters. The number of nitrogens with one attached hydrogen (secondary N) is 2. The van der Waals surface area contributed by atoms with Crippen LogP contribution in [-0.4, -0.2) is 20.7 Å². The fraction of sp³-hybridized carbons (Fsp3) is 0.115. The number of anilines is 2. The Hall–Kier alpha value is -2.97. The minimum absolute atomic E-state index is 0.251. The van der Waals surface area contributed by atoms with Crippen molar-refractivity contribution < 1.29 is 4.79 Å². The Morgan fingerprint density at radius 2 is 1.53 bits per heavy atom. The average molecular weight is 557 g/mol. The molecular formula is C26H20Cl3N5OS. The van der Waals surface area contributed by atoms with Gasteiger partial charge in [-0.05, 0) is 66.6 Å². The summed E-state index contributed by atoms with van der Waals surface area (Å²) in [6.45, 7) is 1.86. The van der Waals surface area contributed by atoms with Crippen LogP contribution >= 0.6 is 46.6 Å². The second kappa shape index (κ2) is 10.6. The maximum absolute atomic E-state index is 13.5. The van der Waals surface area contributed by atoms with E-state index in [2.05, 4.69) is 15.6 Å². The molecule has 5 rings (SSSR count). The quantitative estimate of drug-likeness (QED) is 0.241. The summed E-state index contributed by atoms with van der Waals surface area (Å²) in [5.41, 5.74) is 3.83. The number of thioether (sulfide) groups is 1.